The molecule has 0 bridgehead atoms. The second kappa shape index (κ2) is 9.28. The molecule has 0 saturated heterocycles. The molecule has 6 nitrogen and oxygen atoms in total. The molecule has 0 atom stereocenters. The number of hydrogen-bond acceptors (Lipinski definition) is 6. The van der Waals surface area contributed by atoms with E-state index in [4.69, 9.17) is 28.4 Å². The van der Waals surface area contributed by atoms with Crippen molar-refractivity contribution in [2.24, 2.45) is 4.99 Å². The van der Waals surface area contributed by atoms with Gasteiger partial charge in [0.25, 0.3) is 0 Å². The Hall–Kier alpha value is -3.93. The van der Waals surface area contributed by atoms with Crippen molar-refractivity contribution < 1.29 is 23.4 Å². The molecule has 33 heavy (non-hydrogen) atoms. The van der Waals surface area contributed by atoms with Crippen LogP contribution in [0.15, 0.2) is 64.0 Å². The van der Waals surface area contributed by atoms with Crippen LogP contribution in [0.2, 0.25) is 0 Å². The first-order chi connectivity index (χ1) is 16.0. The third kappa shape index (κ3) is 4.24. The first-order valence-corrected chi connectivity index (χ1v) is 10.5. The van der Waals surface area contributed by atoms with Crippen molar-refractivity contribution in [2.75, 3.05) is 28.4 Å². The largest absolute Gasteiger partial charge is 0.497 e. The number of hydrogen-bond donors (Lipinski definition) is 0. The highest BCUT2D eigenvalue weighted by Crippen LogP contribution is 2.35. The number of furan rings is 1. The Morgan fingerprint density at radius 1 is 0.606 bits per heavy atom. The first-order valence-electron chi connectivity index (χ1n) is 10.5. The zero-order valence-corrected chi connectivity index (χ0v) is 19.7. The van der Waals surface area contributed by atoms with Crippen LogP contribution in [0.3, 0.4) is 0 Å². The monoisotopic (exact) mass is 445 g/mol. The molecule has 0 fully saturated rings. The van der Waals surface area contributed by atoms with Gasteiger partial charge in [0.15, 0.2) is 0 Å². The van der Waals surface area contributed by atoms with E-state index in [2.05, 4.69) is 0 Å². The van der Waals surface area contributed by atoms with Gasteiger partial charge >= 0.3 is 0 Å². The summed E-state index contributed by atoms with van der Waals surface area (Å²) < 4.78 is 28.0. The highest BCUT2D eigenvalue weighted by atomic mass is 16.5. The lowest BCUT2D eigenvalue weighted by Crippen LogP contribution is -2.00. The molecule has 0 aliphatic heterocycles. The fraction of sp³-hybridized carbons (Fsp3) is 0.222. The van der Waals surface area contributed by atoms with Gasteiger partial charge in [-0.1, -0.05) is 12.1 Å². The third-order valence-corrected chi connectivity index (χ3v) is 5.61. The molecule has 4 aromatic rings. The van der Waals surface area contributed by atoms with Crippen LogP contribution in [0.1, 0.15) is 11.5 Å². The molecular weight excluding hydrogens is 418 g/mol. The molecule has 170 valence electrons. The van der Waals surface area contributed by atoms with Crippen LogP contribution in [0, 0.1) is 13.8 Å². The van der Waals surface area contributed by atoms with Crippen molar-refractivity contribution in [1.29, 1.82) is 0 Å². The van der Waals surface area contributed by atoms with Crippen LogP contribution < -0.4 is 24.3 Å². The molecule has 0 radical (unpaired) electrons. The van der Waals surface area contributed by atoms with E-state index in [1.165, 1.54) is 0 Å². The van der Waals surface area contributed by atoms with E-state index < -0.39 is 0 Å². The summed E-state index contributed by atoms with van der Waals surface area (Å²) in [7, 11) is 6.56. The molecule has 0 aliphatic carbocycles. The van der Waals surface area contributed by atoms with E-state index in [9.17, 15) is 0 Å². The lowest BCUT2D eigenvalue weighted by Gasteiger charge is -2.07. The second-order valence-corrected chi connectivity index (χ2v) is 7.54. The van der Waals surface area contributed by atoms with Crippen molar-refractivity contribution in [1.82, 2.24) is 0 Å². The average Bonchev–Trinajstić information content (AvgIpc) is 3.03. The van der Waals surface area contributed by atoms with Crippen LogP contribution in [0.5, 0.6) is 23.0 Å². The highest BCUT2D eigenvalue weighted by Gasteiger charge is 2.16. The van der Waals surface area contributed by atoms with E-state index in [1.54, 1.807) is 28.4 Å². The van der Waals surface area contributed by atoms with Gasteiger partial charge in [-0.2, -0.15) is 0 Å². The Bertz CT molecular complexity index is 1370. The minimum Gasteiger partial charge on any atom is -0.497 e. The second-order valence-electron chi connectivity index (χ2n) is 7.54. The third-order valence-electron chi connectivity index (χ3n) is 5.61. The quantitative estimate of drug-likeness (QED) is 0.365. The molecule has 6 heteroatoms. The maximum Gasteiger partial charge on any atom is 0.148 e. The van der Waals surface area contributed by atoms with Gasteiger partial charge in [0.05, 0.1) is 44.6 Å². The van der Waals surface area contributed by atoms with Crippen molar-refractivity contribution in [3.8, 4) is 34.1 Å². The van der Waals surface area contributed by atoms with E-state index in [-0.39, 0.29) is 0 Å². The van der Waals surface area contributed by atoms with Gasteiger partial charge in [0, 0.05) is 6.07 Å². The fourth-order valence-corrected chi connectivity index (χ4v) is 3.97. The van der Waals surface area contributed by atoms with Crippen LogP contribution in [0.4, 0.5) is 5.69 Å². The molecule has 1 aromatic heterocycles. The molecule has 0 unspecified atom stereocenters. The Morgan fingerprint density at radius 2 is 1.24 bits per heavy atom. The molecule has 0 saturated carbocycles. The van der Waals surface area contributed by atoms with Gasteiger partial charge in [0.1, 0.15) is 40.2 Å². The summed E-state index contributed by atoms with van der Waals surface area (Å²) in [5, 5.41) is 2.53. The smallest absolute Gasteiger partial charge is 0.148 e. The average molecular weight is 446 g/mol. The predicted octanol–water partition coefficient (Wildman–Crippen LogP) is 5.98. The maximum absolute atomic E-state index is 5.99. The van der Waals surface area contributed by atoms with Crippen LogP contribution in [-0.2, 0) is 0 Å². The Morgan fingerprint density at radius 3 is 1.88 bits per heavy atom. The van der Waals surface area contributed by atoms with E-state index in [0.717, 1.165) is 44.5 Å². The molecule has 0 amide bonds. The van der Waals surface area contributed by atoms with E-state index in [1.807, 2.05) is 68.4 Å². The Balaban J connectivity index is 2.09. The minimum absolute atomic E-state index is 0.616. The number of ether oxygens (including phenoxy) is 4. The van der Waals surface area contributed by atoms with Gasteiger partial charge in [0.2, 0.25) is 0 Å². The predicted molar refractivity (Wildman–Crippen MR) is 129 cm³/mol. The molecule has 4 rings (SSSR count). The van der Waals surface area contributed by atoms with Gasteiger partial charge in [-0.25, -0.2) is 4.99 Å². The molecule has 0 aliphatic rings. The Labute approximate surface area is 193 Å². The standard InChI is InChI=1S/C27H27NO5/c1-16-26-23(28-22-12-11-21(30-4)15-24(22)31-5)13-19(18-7-9-20(29-3)10-8-18)14-25(32-6)27(26)17(2)33-16/h7-15H,1-6H3. The molecule has 3 aromatic carbocycles. The molecule has 1 heterocycles. The van der Waals surface area contributed by atoms with Crippen molar-refractivity contribution in [3.63, 3.8) is 0 Å². The topological polar surface area (TPSA) is 62.4 Å². The summed E-state index contributed by atoms with van der Waals surface area (Å²) >= 11 is 0. The number of nitrogens with zero attached hydrogens (tertiary/aromatic N) is 1. The zero-order valence-electron chi connectivity index (χ0n) is 19.7. The summed E-state index contributed by atoms with van der Waals surface area (Å²) in [5.41, 5.74) is 2.65. The molecule has 0 spiro atoms. The maximum atomic E-state index is 5.99. The number of methoxy groups -OCH3 is 4. The van der Waals surface area contributed by atoms with Crippen molar-refractivity contribution in [3.05, 3.63) is 71.5 Å². The summed E-state index contributed by atoms with van der Waals surface area (Å²) in [4.78, 5) is 5.00. The van der Waals surface area contributed by atoms with Gasteiger partial charge in [-0.15, -0.1) is 0 Å². The minimum atomic E-state index is 0.616. The number of rotatable bonds is 6. The normalized spacial score (nSPS) is 11.5. The summed E-state index contributed by atoms with van der Waals surface area (Å²) in [6.45, 7) is 3.87. The highest BCUT2D eigenvalue weighted by molar-refractivity contribution is 5.93. The first kappa shape index (κ1) is 22.3. The lowest BCUT2D eigenvalue weighted by molar-refractivity contribution is 0.395. The van der Waals surface area contributed by atoms with Crippen LogP contribution in [0.25, 0.3) is 21.9 Å². The van der Waals surface area contributed by atoms with Gasteiger partial charge in [-0.05, 0) is 61.4 Å². The van der Waals surface area contributed by atoms with Crippen LogP contribution in [-0.4, -0.2) is 28.4 Å². The van der Waals surface area contributed by atoms with Crippen molar-refractivity contribution in [2.45, 2.75) is 13.8 Å². The summed E-state index contributed by atoms with van der Waals surface area (Å²) in [6.07, 6.45) is 0. The Kier molecular flexibility index (Phi) is 6.27. The van der Waals surface area contributed by atoms with Crippen LogP contribution >= 0.6 is 0 Å². The van der Waals surface area contributed by atoms with E-state index in [0.29, 0.717) is 22.9 Å². The van der Waals surface area contributed by atoms with Gasteiger partial charge < -0.3 is 23.4 Å². The van der Waals surface area contributed by atoms with E-state index >= 15 is 0 Å². The van der Waals surface area contributed by atoms with Crippen molar-refractivity contribution >= 4 is 16.5 Å². The number of benzene rings is 2. The molecule has 0 N–H and O–H groups in total. The number of aryl methyl sites for hydroxylation is 2. The zero-order chi connectivity index (χ0) is 23.5. The number of fused-ring (bicyclic) bond motifs is 1. The summed E-state index contributed by atoms with van der Waals surface area (Å²) in [5.74, 6) is 4.37. The van der Waals surface area contributed by atoms with Gasteiger partial charge in [-0.3, -0.25) is 0 Å². The fourth-order valence-electron chi connectivity index (χ4n) is 3.97. The lowest BCUT2D eigenvalue weighted by atomic mass is 10.1. The molecular formula is C27H27NO5. The SMILES string of the molecule is COc1ccc(-c2cc(OC)c3c(C)oc(C)c3c(=Nc3ccc(OC)cc3OC)c2)cc1. The summed E-state index contributed by atoms with van der Waals surface area (Å²) in [6, 6.07) is 17.5.